The van der Waals surface area contributed by atoms with E-state index in [9.17, 15) is 4.79 Å². The van der Waals surface area contributed by atoms with E-state index in [1.165, 1.54) is 7.11 Å². The molecule has 21 heavy (non-hydrogen) atoms. The van der Waals surface area contributed by atoms with Crippen LogP contribution in [-0.4, -0.2) is 50.3 Å². The fraction of sp³-hybridized carbons (Fsp3) is 0.562. The van der Waals surface area contributed by atoms with E-state index in [0.29, 0.717) is 6.61 Å². The maximum atomic E-state index is 11.5. The molecule has 1 aromatic carbocycles. The number of hydrogen-bond donors (Lipinski definition) is 0. The number of fused-ring (bicyclic) bond motifs is 1. The van der Waals surface area contributed by atoms with E-state index in [1.807, 2.05) is 24.3 Å². The first-order valence-corrected chi connectivity index (χ1v) is 7.45. The third-order valence-electron chi connectivity index (χ3n) is 4.15. The number of likely N-dealkylation sites (tertiary alicyclic amines) is 1. The lowest BCUT2D eigenvalue weighted by atomic mass is 9.97. The van der Waals surface area contributed by atoms with Crippen LogP contribution in [0.1, 0.15) is 12.8 Å². The van der Waals surface area contributed by atoms with E-state index < -0.39 is 0 Å². The molecule has 0 spiro atoms. The number of benzene rings is 1. The lowest BCUT2D eigenvalue weighted by molar-refractivity contribution is -0.147. The Morgan fingerprint density at radius 2 is 2.00 bits per heavy atom. The molecule has 2 aliphatic heterocycles. The summed E-state index contributed by atoms with van der Waals surface area (Å²) < 4.78 is 16.5. The average molecular weight is 291 g/mol. The predicted octanol–water partition coefficient (Wildman–Crippen LogP) is 1.71. The molecule has 0 N–H and O–H groups in total. The molecule has 1 aromatic rings. The molecule has 1 atom stereocenters. The van der Waals surface area contributed by atoms with Crippen molar-refractivity contribution in [2.75, 3.05) is 33.4 Å². The zero-order valence-electron chi connectivity index (χ0n) is 12.3. The molecule has 1 unspecified atom stereocenters. The molecular formula is C16H21NO4. The average Bonchev–Trinajstić information content (AvgIpc) is 2.55. The third kappa shape index (κ3) is 3.29. The van der Waals surface area contributed by atoms with Crippen molar-refractivity contribution >= 4 is 5.97 Å². The van der Waals surface area contributed by atoms with Crippen molar-refractivity contribution in [3.8, 4) is 11.5 Å². The van der Waals surface area contributed by atoms with E-state index in [1.54, 1.807) is 0 Å². The van der Waals surface area contributed by atoms with Gasteiger partial charge in [-0.25, -0.2) is 0 Å². The molecule has 2 heterocycles. The monoisotopic (exact) mass is 291 g/mol. The van der Waals surface area contributed by atoms with Crippen LogP contribution in [0.2, 0.25) is 0 Å². The minimum atomic E-state index is -0.0826. The van der Waals surface area contributed by atoms with Gasteiger partial charge in [-0.15, -0.1) is 0 Å². The van der Waals surface area contributed by atoms with Gasteiger partial charge in [0.05, 0.1) is 13.0 Å². The van der Waals surface area contributed by atoms with Crippen molar-refractivity contribution in [2.24, 2.45) is 5.92 Å². The maximum Gasteiger partial charge on any atom is 0.308 e. The Balaban J connectivity index is 1.50. The molecule has 2 aliphatic rings. The fourth-order valence-electron chi connectivity index (χ4n) is 2.96. The maximum absolute atomic E-state index is 11.5. The third-order valence-corrected chi connectivity index (χ3v) is 4.15. The predicted molar refractivity (Wildman–Crippen MR) is 77.5 cm³/mol. The molecule has 0 aliphatic carbocycles. The van der Waals surface area contributed by atoms with E-state index >= 15 is 0 Å². The Morgan fingerprint density at radius 3 is 2.71 bits per heavy atom. The molecule has 0 saturated carbocycles. The molecule has 1 fully saturated rings. The highest BCUT2D eigenvalue weighted by atomic mass is 16.6. The van der Waals surface area contributed by atoms with E-state index in [4.69, 9.17) is 14.2 Å². The molecule has 1 saturated heterocycles. The number of nitrogens with zero attached hydrogens (tertiary/aromatic N) is 1. The lowest BCUT2D eigenvalue weighted by Crippen LogP contribution is -2.45. The lowest BCUT2D eigenvalue weighted by Gasteiger charge is -2.34. The summed E-state index contributed by atoms with van der Waals surface area (Å²) in [6.45, 7) is 3.22. The van der Waals surface area contributed by atoms with Gasteiger partial charge in [-0.2, -0.15) is 0 Å². The highest BCUT2D eigenvalue weighted by Crippen LogP contribution is 2.31. The molecule has 5 nitrogen and oxygen atoms in total. The SMILES string of the molecule is COC(=O)C1CCN(CC2COc3ccccc3O2)CC1. The van der Waals surface area contributed by atoms with E-state index in [0.717, 1.165) is 44.0 Å². The molecule has 0 bridgehead atoms. The summed E-state index contributed by atoms with van der Waals surface area (Å²) in [4.78, 5) is 13.9. The van der Waals surface area contributed by atoms with Crippen LogP contribution in [0.3, 0.4) is 0 Å². The first-order valence-electron chi connectivity index (χ1n) is 7.45. The number of rotatable bonds is 3. The Labute approximate surface area is 124 Å². The number of ether oxygens (including phenoxy) is 3. The number of carbonyl (C=O) groups is 1. The van der Waals surface area contributed by atoms with Crippen LogP contribution >= 0.6 is 0 Å². The van der Waals surface area contributed by atoms with Gasteiger partial charge in [0.15, 0.2) is 11.5 Å². The van der Waals surface area contributed by atoms with Crippen LogP contribution < -0.4 is 9.47 Å². The fourth-order valence-corrected chi connectivity index (χ4v) is 2.96. The summed E-state index contributed by atoms with van der Waals surface area (Å²) in [5.41, 5.74) is 0. The van der Waals surface area contributed by atoms with Gasteiger partial charge in [0.2, 0.25) is 0 Å². The number of piperidine rings is 1. The largest absolute Gasteiger partial charge is 0.486 e. The summed E-state index contributed by atoms with van der Waals surface area (Å²) in [5, 5.41) is 0. The van der Waals surface area contributed by atoms with Gasteiger partial charge in [0.1, 0.15) is 12.7 Å². The second kappa shape index (κ2) is 6.35. The van der Waals surface area contributed by atoms with Gasteiger partial charge < -0.3 is 14.2 Å². The van der Waals surface area contributed by atoms with Gasteiger partial charge in [0, 0.05) is 6.54 Å². The smallest absolute Gasteiger partial charge is 0.308 e. The summed E-state index contributed by atoms with van der Waals surface area (Å²) >= 11 is 0. The topological polar surface area (TPSA) is 48.0 Å². The second-order valence-electron chi connectivity index (χ2n) is 5.60. The minimum Gasteiger partial charge on any atom is -0.486 e. The first kappa shape index (κ1) is 14.2. The zero-order valence-corrected chi connectivity index (χ0v) is 12.3. The summed E-state index contributed by atoms with van der Waals surface area (Å²) in [6, 6.07) is 7.75. The van der Waals surface area contributed by atoms with Crippen molar-refractivity contribution in [3.63, 3.8) is 0 Å². The molecular weight excluding hydrogens is 270 g/mol. The molecule has 5 heteroatoms. The van der Waals surface area contributed by atoms with Crippen molar-refractivity contribution in [1.29, 1.82) is 0 Å². The zero-order chi connectivity index (χ0) is 14.7. The van der Waals surface area contributed by atoms with Crippen LogP contribution in [0.5, 0.6) is 11.5 Å². The Kier molecular flexibility index (Phi) is 4.29. The van der Waals surface area contributed by atoms with E-state index in [-0.39, 0.29) is 18.0 Å². The van der Waals surface area contributed by atoms with Crippen molar-refractivity contribution < 1.29 is 19.0 Å². The van der Waals surface area contributed by atoms with Crippen molar-refractivity contribution in [1.82, 2.24) is 4.90 Å². The number of carbonyl (C=O) groups excluding carboxylic acids is 1. The van der Waals surface area contributed by atoms with Crippen LogP contribution in [0.25, 0.3) is 0 Å². The summed E-state index contributed by atoms with van der Waals surface area (Å²) in [7, 11) is 1.46. The van der Waals surface area contributed by atoms with Crippen LogP contribution in [0.15, 0.2) is 24.3 Å². The van der Waals surface area contributed by atoms with Crippen LogP contribution in [0, 0.1) is 5.92 Å². The van der Waals surface area contributed by atoms with Crippen molar-refractivity contribution in [3.05, 3.63) is 24.3 Å². The minimum absolute atomic E-state index is 0.0505. The quantitative estimate of drug-likeness (QED) is 0.794. The number of methoxy groups -OCH3 is 1. The van der Waals surface area contributed by atoms with Crippen LogP contribution in [-0.2, 0) is 9.53 Å². The first-order chi connectivity index (χ1) is 10.3. The Hall–Kier alpha value is -1.75. The number of para-hydroxylation sites is 2. The summed E-state index contributed by atoms with van der Waals surface area (Å²) in [5.74, 6) is 1.60. The second-order valence-corrected chi connectivity index (χ2v) is 5.60. The number of hydrogen-bond acceptors (Lipinski definition) is 5. The van der Waals surface area contributed by atoms with Gasteiger partial charge in [0.25, 0.3) is 0 Å². The molecule has 3 rings (SSSR count). The molecule has 114 valence electrons. The highest BCUT2D eigenvalue weighted by Gasteiger charge is 2.28. The normalized spacial score (nSPS) is 22.8. The standard InChI is InChI=1S/C16H21NO4/c1-19-16(18)12-6-8-17(9-7-12)10-13-11-20-14-4-2-3-5-15(14)21-13/h2-5,12-13H,6-11H2,1H3. The van der Waals surface area contributed by atoms with Gasteiger partial charge in [-0.3, -0.25) is 9.69 Å². The van der Waals surface area contributed by atoms with Gasteiger partial charge >= 0.3 is 5.97 Å². The van der Waals surface area contributed by atoms with Gasteiger partial charge in [-0.1, -0.05) is 12.1 Å². The highest BCUT2D eigenvalue weighted by molar-refractivity contribution is 5.72. The molecule has 0 amide bonds. The Bertz CT molecular complexity index is 497. The Morgan fingerprint density at radius 1 is 1.29 bits per heavy atom. The van der Waals surface area contributed by atoms with Crippen LogP contribution in [0.4, 0.5) is 0 Å². The summed E-state index contributed by atoms with van der Waals surface area (Å²) in [6.07, 6.45) is 1.77. The molecule has 0 radical (unpaired) electrons. The number of esters is 1. The van der Waals surface area contributed by atoms with Crippen molar-refractivity contribution in [2.45, 2.75) is 18.9 Å². The van der Waals surface area contributed by atoms with E-state index in [2.05, 4.69) is 4.90 Å². The molecule has 0 aromatic heterocycles. The van der Waals surface area contributed by atoms with Gasteiger partial charge in [-0.05, 0) is 38.1 Å².